The van der Waals surface area contributed by atoms with Crippen LogP contribution in [0.3, 0.4) is 0 Å². The van der Waals surface area contributed by atoms with Gasteiger partial charge in [-0.3, -0.25) is 9.59 Å². The molecule has 1 heterocycles. The topological polar surface area (TPSA) is 69.6 Å². The molecule has 0 aliphatic heterocycles. The molecule has 1 aromatic heterocycles. The van der Waals surface area contributed by atoms with Gasteiger partial charge < -0.3 is 19.4 Å². The first-order chi connectivity index (χ1) is 12.5. The smallest absolute Gasteiger partial charge is 0.254 e. The van der Waals surface area contributed by atoms with Crippen LogP contribution >= 0.6 is 0 Å². The summed E-state index contributed by atoms with van der Waals surface area (Å²) in [5.74, 6) is 1.32. The van der Waals surface area contributed by atoms with Crippen molar-refractivity contribution in [2.45, 2.75) is 33.2 Å². The minimum atomic E-state index is -0.137. The van der Waals surface area contributed by atoms with Crippen LogP contribution < -0.4 is 20.3 Å². The number of nitrogens with one attached hydrogen (secondary N) is 1. The number of pyridine rings is 1. The van der Waals surface area contributed by atoms with E-state index in [1.54, 1.807) is 10.6 Å². The highest BCUT2D eigenvalue weighted by molar-refractivity contribution is 5.76. The van der Waals surface area contributed by atoms with Gasteiger partial charge in [0.05, 0.1) is 13.7 Å². The van der Waals surface area contributed by atoms with Gasteiger partial charge in [-0.1, -0.05) is 18.2 Å². The first-order valence-corrected chi connectivity index (χ1v) is 8.78. The molecule has 0 spiro atoms. The average molecular weight is 358 g/mol. The van der Waals surface area contributed by atoms with Crippen LogP contribution in [0.15, 0.2) is 41.2 Å². The molecule has 6 heteroatoms. The molecule has 0 saturated carbocycles. The standard InChI is InChI=1S/C20H26N2O4/c1-4-26-18-8-6-5-7-16(18)9-10-19(23)21-11-12-22-15(2)13-17(25-3)14-20(22)24/h5-8,13-14H,4,9-12H2,1-3H3,(H,21,23). The number of nitrogens with zero attached hydrogens (tertiary/aromatic N) is 1. The number of methoxy groups -OCH3 is 1. The van der Waals surface area contributed by atoms with Crippen LogP contribution in [-0.2, 0) is 17.8 Å². The average Bonchev–Trinajstić information content (AvgIpc) is 2.63. The van der Waals surface area contributed by atoms with Gasteiger partial charge in [-0.25, -0.2) is 0 Å². The molecule has 2 rings (SSSR count). The van der Waals surface area contributed by atoms with E-state index in [4.69, 9.17) is 9.47 Å². The quantitative estimate of drug-likeness (QED) is 0.747. The Bertz CT molecular complexity index is 799. The van der Waals surface area contributed by atoms with Crippen LogP contribution in [0.5, 0.6) is 11.5 Å². The molecule has 6 nitrogen and oxygen atoms in total. The highest BCUT2D eigenvalue weighted by Gasteiger charge is 2.08. The lowest BCUT2D eigenvalue weighted by Gasteiger charge is -2.12. The summed E-state index contributed by atoms with van der Waals surface area (Å²) in [4.78, 5) is 24.1. The summed E-state index contributed by atoms with van der Waals surface area (Å²) in [5, 5.41) is 2.87. The molecule has 0 bridgehead atoms. The number of ether oxygens (including phenoxy) is 2. The van der Waals surface area contributed by atoms with Crippen molar-refractivity contribution in [3.05, 3.63) is 58.0 Å². The molecule has 0 atom stereocenters. The van der Waals surface area contributed by atoms with E-state index in [1.807, 2.05) is 38.1 Å². The summed E-state index contributed by atoms with van der Waals surface area (Å²) >= 11 is 0. The minimum Gasteiger partial charge on any atom is -0.496 e. The zero-order valence-electron chi connectivity index (χ0n) is 15.6. The van der Waals surface area contributed by atoms with Crippen LogP contribution in [0.2, 0.25) is 0 Å². The zero-order chi connectivity index (χ0) is 18.9. The van der Waals surface area contributed by atoms with Crippen LogP contribution in [0.1, 0.15) is 24.6 Å². The molecule has 26 heavy (non-hydrogen) atoms. The van der Waals surface area contributed by atoms with Crippen molar-refractivity contribution in [1.29, 1.82) is 0 Å². The molecule has 1 N–H and O–H groups in total. The number of carbonyl (C=O) groups excluding carboxylic acids is 1. The minimum absolute atomic E-state index is 0.0458. The van der Waals surface area contributed by atoms with E-state index in [1.165, 1.54) is 13.2 Å². The molecular weight excluding hydrogens is 332 g/mol. The fraction of sp³-hybridized carbons (Fsp3) is 0.400. The van der Waals surface area contributed by atoms with Crippen molar-refractivity contribution >= 4 is 5.91 Å². The number of hydrogen-bond donors (Lipinski definition) is 1. The van der Waals surface area contributed by atoms with Gasteiger partial charge in [0.25, 0.3) is 5.56 Å². The third-order valence-electron chi connectivity index (χ3n) is 4.10. The lowest BCUT2D eigenvalue weighted by molar-refractivity contribution is -0.121. The Morgan fingerprint density at radius 1 is 1.23 bits per heavy atom. The molecular formula is C20H26N2O4. The van der Waals surface area contributed by atoms with E-state index in [9.17, 15) is 9.59 Å². The largest absolute Gasteiger partial charge is 0.496 e. The Balaban J connectivity index is 1.84. The Hall–Kier alpha value is -2.76. The van der Waals surface area contributed by atoms with Gasteiger partial charge in [0.15, 0.2) is 0 Å². The fourth-order valence-electron chi connectivity index (χ4n) is 2.75. The monoisotopic (exact) mass is 358 g/mol. The Morgan fingerprint density at radius 3 is 2.69 bits per heavy atom. The number of rotatable bonds is 9. The number of carbonyl (C=O) groups is 1. The second-order valence-electron chi connectivity index (χ2n) is 5.92. The summed E-state index contributed by atoms with van der Waals surface area (Å²) in [6.07, 6.45) is 0.990. The maximum Gasteiger partial charge on any atom is 0.254 e. The van der Waals surface area contributed by atoms with Gasteiger partial charge in [0, 0.05) is 31.3 Å². The predicted octanol–water partition coefficient (Wildman–Crippen LogP) is 2.31. The molecule has 0 unspecified atom stereocenters. The molecule has 1 aromatic carbocycles. The van der Waals surface area contributed by atoms with Crippen molar-refractivity contribution in [3.63, 3.8) is 0 Å². The van der Waals surface area contributed by atoms with E-state index in [0.29, 0.717) is 38.3 Å². The van der Waals surface area contributed by atoms with Crippen molar-refractivity contribution in [2.75, 3.05) is 20.3 Å². The lowest BCUT2D eigenvalue weighted by Crippen LogP contribution is -2.31. The number of benzene rings is 1. The maximum atomic E-state index is 12.1. The van der Waals surface area contributed by atoms with Gasteiger partial charge in [-0.2, -0.15) is 0 Å². The first kappa shape index (κ1) is 19.6. The van der Waals surface area contributed by atoms with E-state index in [-0.39, 0.29) is 11.5 Å². The van der Waals surface area contributed by atoms with Gasteiger partial charge in [0.1, 0.15) is 11.5 Å². The van der Waals surface area contributed by atoms with Crippen LogP contribution in [0, 0.1) is 6.92 Å². The third-order valence-corrected chi connectivity index (χ3v) is 4.10. The molecule has 140 valence electrons. The summed E-state index contributed by atoms with van der Waals surface area (Å²) in [6.45, 7) is 5.21. The third kappa shape index (κ3) is 5.37. The number of amides is 1. The van der Waals surface area contributed by atoms with Crippen molar-refractivity contribution < 1.29 is 14.3 Å². The van der Waals surface area contributed by atoms with E-state index in [0.717, 1.165) is 17.0 Å². The highest BCUT2D eigenvalue weighted by atomic mass is 16.5. The summed E-state index contributed by atoms with van der Waals surface area (Å²) in [7, 11) is 1.53. The molecule has 0 radical (unpaired) electrons. The molecule has 1 amide bonds. The van der Waals surface area contributed by atoms with E-state index in [2.05, 4.69) is 5.32 Å². The van der Waals surface area contributed by atoms with Crippen LogP contribution in [0.25, 0.3) is 0 Å². The van der Waals surface area contributed by atoms with Crippen LogP contribution in [-0.4, -0.2) is 30.7 Å². The molecule has 2 aromatic rings. The fourth-order valence-corrected chi connectivity index (χ4v) is 2.75. The zero-order valence-corrected chi connectivity index (χ0v) is 15.6. The Morgan fingerprint density at radius 2 is 2.00 bits per heavy atom. The van der Waals surface area contributed by atoms with Gasteiger partial charge >= 0.3 is 0 Å². The van der Waals surface area contributed by atoms with Gasteiger partial charge in [-0.15, -0.1) is 0 Å². The highest BCUT2D eigenvalue weighted by Crippen LogP contribution is 2.19. The SMILES string of the molecule is CCOc1ccccc1CCC(=O)NCCn1c(C)cc(OC)cc1=O. The number of hydrogen-bond acceptors (Lipinski definition) is 4. The molecule has 0 aliphatic rings. The Labute approximate surface area is 153 Å². The Kier molecular flexibility index (Phi) is 7.26. The van der Waals surface area contributed by atoms with Gasteiger partial charge in [-0.05, 0) is 38.0 Å². The summed E-state index contributed by atoms with van der Waals surface area (Å²) in [5.41, 5.74) is 1.68. The van der Waals surface area contributed by atoms with Crippen molar-refractivity contribution in [2.24, 2.45) is 0 Å². The summed E-state index contributed by atoms with van der Waals surface area (Å²) < 4.78 is 12.3. The second kappa shape index (κ2) is 9.65. The van der Waals surface area contributed by atoms with E-state index < -0.39 is 0 Å². The van der Waals surface area contributed by atoms with E-state index >= 15 is 0 Å². The van der Waals surface area contributed by atoms with Crippen molar-refractivity contribution in [1.82, 2.24) is 9.88 Å². The number of aryl methyl sites for hydroxylation is 2. The summed E-state index contributed by atoms with van der Waals surface area (Å²) in [6, 6.07) is 11.0. The lowest BCUT2D eigenvalue weighted by atomic mass is 10.1. The molecule has 0 fully saturated rings. The maximum absolute atomic E-state index is 12.1. The van der Waals surface area contributed by atoms with Crippen LogP contribution in [0.4, 0.5) is 0 Å². The predicted molar refractivity (Wildman–Crippen MR) is 101 cm³/mol. The molecule has 0 aliphatic carbocycles. The normalized spacial score (nSPS) is 10.4. The number of para-hydroxylation sites is 1. The van der Waals surface area contributed by atoms with Gasteiger partial charge in [0.2, 0.25) is 5.91 Å². The number of aromatic nitrogens is 1. The van der Waals surface area contributed by atoms with Crippen molar-refractivity contribution in [3.8, 4) is 11.5 Å². The first-order valence-electron chi connectivity index (χ1n) is 8.78. The molecule has 0 saturated heterocycles. The second-order valence-corrected chi connectivity index (χ2v) is 5.92.